The molecule has 0 aromatic rings. The van der Waals surface area contributed by atoms with E-state index in [9.17, 15) is 13.2 Å². The molecule has 3 N–H and O–H groups in total. The summed E-state index contributed by atoms with van der Waals surface area (Å²) in [6.07, 6.45) is 2.09. The van der Waals surface area contributed by atoms with Crippen molar-refractivity contribution in [3.63, 3.8) is 0 Å². The molecule has 1 amide bonds. The fourth-order valence-electron chi connectivity index (χ4n) is 1.61. The zero-order chi connectivity index (χ0) is 15.6. The first-order valence-corrected chi connectivity index (χ1v) is 8.59. The molecule has 0 rings (SSSR count). The quantitative estimate of drug-likeness (QED) is 0.445. The lowest BCUT2D eigenvalue weighted by Crippen LogP contribution is -2.47. The maximum absolute atomic E-state index is 11.9. The predicted octanol–water partition coefficient (Wildman–Crippen LogP) is -0.534. The first kappa shape index (κ1) is 19.3. The molecule has 8 heteroatoms. The van der Waals surface area contributed by atoms with E-state index in [-0.39, 0.29) is 25.0 Å². The largest absolute Gasteiger partial charge is 0.394 e. The van der Waals surface area contributed by atoms with Crippen LogP contribution in [0.4, 0.5) is 0 Å². The number of amides is 1. The molecule has 0 saturated carbocycles. The molecule has 0 bridgehead atoms. The van der Waals surface area contributed by atoms with Crippen LogP contribution in [-0.4, -0.2) is 58.1 Å². The molecule has 1 atom stereocenters. The smallest absolute Gasteiger partial charge is 0.238 e. The average Bonchev–Trinajstić information content (AvgIpc) is 2.30. The fourth-order valence-corrected chi connectivity index (χ4v) is 2.33. The van der Waals surface area contributed by atoms with Crippen molar-refractivity contribution < 1.29 is 23.1 Å². The van der Waals surface area contributed by atoms with Gasteiger partial charge in [-0.3, -0.25) is 4.79 Å². The van der Waals surface area contributed by atoms with E-state index in [2.05, 4.69) is 10.0 Å². The van der Waals surface area contributed by atoms with Crippen LogP contribution in [0.15, 0.2) is 0 Å². The van der Waals surface area contributed by atoms with Gasteiger partial charge >= 0.3 is 0 Å². The molecule has 0 saturated heterocycles. The van der Waals surface area contributed by atoms with Gasteiger partial charge in [-0.25, -0.2) is 13.1 Å². The third-order valence-corrected chi connectivity index (χ3v) is 3.09. The summed E-state index contributed by atoms with van der Waals surface area (Å²) in [5.74, 6) is -0.126. The Bertz CT molecular complexity index is 370. The van der Waals surface area contributed by atoms with E-state index in [4.69, 9.17) is 9.84 Å². The Morgan fingerprint density at radius 3 is 2.45 bits per heavy atom. The van der Waals surface area contributed by atoms with E-state index < -0.39 is 16.1 Å². The Labute approximate surface area is 121 Å². The van der Waals surface area contributed by atoms with E-state index in [1.807, 2.05) is 13.8 Å². The number of ether oxygens (including phenoxy) is 1. The molecule has 0 aliphatic carbocycles. The molecule has 0 aromatic heterocycles. The molecule has 0 radical (unpaired) electrons. The van der Waals surface area contributed by atoms with Gasteiger partial charge in [-0.15, -0.1) is 0 Å². The second-order valence-electron chi connectivity index (χ2n) is 5.05. The lowest BCUT2D eigenvalue weighted by molar-refractivity contribution is -0.123. The molecule has 0 spiro atoms. The van der Waals surface area contributed by atoms with E-state index in [1.54, 1.807) is 0 Å². The van der Waals surface area contributed by atoms with E-state index in [0.717, 1.165) is 6.26 Å². The van der Waals surface area contributed by atoms with E-state index in [0.29, 0.717) is 26.0 Å². The number of carbonyl (C=O) groups excluding carboxylic acids is 1. The summed E-state index contributed by atoms with van der Waals surface area (Å²) in [5, 5.41) is 11.2. The van der Waals surface area contributed by atoms with Crippen LogP contribution >= 0.6 is 0 Å². The molecule has 120 valence electrons. The standard InChI is InChI=1S/C12H26N2O5S/c1-10(2)9-11(14-20(3,17)18)12(16)13-5-4-7-19-8-6-15/h10-11,14-15H,4-9H2,1-3H3,(H,13,16). The second-order valence-corrected chi connectivity index (χ2v) is 6.83. The normalized spacial score (nSPS) is 13.4. The first-order valence-electron chi connectivity index (χ1n) is 6.70. The number of carbonyl (C=O) groups is 1. The highest BCUT2D eigenvalue weighted by molar-refractivity contribution is 7.88. The summed E-state index contributed by atoms with van der Waals surface area (Å²) in [6.45, 7) is 4.94. The summed E-state index contributed by atoms with van der Waals surface area (Å²) in [7, 11) is -3.42. The lowest BCUT2D eigenvalue weighted by atomic mass is 10.0. The first-order chi connectivity index (χ1) is 9.26. The predicted molar refractivity (Wildman–Crippen MR) is 76.8 cm³/mol. The fraction of sp³-hybridized carbons (Fsp3) is 0.917. The molecule has 20 heavy (non-hydrogen) atoms. The number of hydrogen-bond acceptors (Lipinski definition) is 5. The SMILES string of the molecule is CC(C)CC(NS(C)(=O)=O)C(=O)NCCCOCCO. The highest BCUT2D eigenvalue weighted by Crippen LogP contribution is 2.06. The Balaban J connectivity index is 4.14. The van der Waals surface area contributed by atoms with Gasteiger partial charge in [-0.1, -0.05) is 13.8 Å². The van der Waals surface area contributed by atoms with Crippen LogP contribution in [0.2, 0.25) is 0 Å². The van der Waals surface area contributed by atoms with Crippen LogP contribution in [0.3, 0.4) is 0 Å². The van der Waals surface area contributed by atoms with Crippen molar-refractivity contribution in [3.05, 3.63) is 0 Å². The van der Waals surface area contributed by atoms with Crippen LogP contribution in [0.5, 0.6) is 0 Å². The van der Waals surface area contributed by atoms with Crippen LogP contribution in [0, 0.1) is 5.92 Å². The Morgan fingerprint density at radius 2 is 1.95 bits per heavy atom. The third-order valence-electron chi connectivity index (χ3n) is 2.38. The van der Waals surface area contributed by atoms with Crippen molar-refractivity contribution in [2.45, 2.75) is 32.7 Å². The number of sulfonamides is 1. The maximum Gasteiger partial charge on any atom is 0.238 e. The summed E-state index contributed by atoms with van der Waals surface area (Å²) < 4.78 is 29.9. The van der Waals surface area contributed by atoms with Crippen LogP contribution in [0.25, 0.3) is 0 Å². The van der Waals surface area contributed by atoms with Gasteiger partial charge in [0.25, 0.3) is 0 Å². The molecule has 1 unspecified atom stereocenters. The zero-order valence-electron chi connectivity index (χ0n) is 12.4. The van der Waals surface area contributed by atoms with Crippen molar-refractivity contribution in [3.8, 4) is 0 Å². The lowest BCUT2D eigenvalue weighted by Gasteiger charge is -2.19. The van der Waals surface area contributed by atoms with Crippen molar-refractivity contribution >= 4 is 15.9 Å². The summed E-state index contributed by atoms with van der Waals surface area (Å²) in [5.41, 5.74) is 0. The molecule has 7 nitrogen and oxygen atoms in total. The number of aliphatic hydroxyl groups excluding tert-OH is 1. The molecule has 0 fully saturated rings. The van der Waals surface area contributed by atoms with E-state index >= 15 is 0 Å². The van der Waals surface area contributed by atoms with Crippen LogP contribution < -0.4 is 10.0 Å². The minimum atomic E-state index is -3.42. The molecule has 0 heterocycles. The Morgan fingerprint density at radius 1 is 1.30 bits per heavy atom. The minimum Gasteiger partial charge on any atom is -0.394 e. The minimum absolute atomic E-state index is 0.0267. The van der Waals surface area contributed by atoms with Crippen molar-refractivity contribution in [2.75, 3.05) is 32.6 Å². The zero-order valence-corrected chi connectivity index (χ0v) is 13.2. The van der Waals surface area contributed by atoms with Crippen molar-refractivity contribution in [1.82, 2.24) is 10.0 Å². The summed E-state index contributed by atoms with van der Waals surface area (Å²) >= 11 is 0. The van der Waals surface area contributed by atoms with Gasteiger partial charge < -0.3 is 15.2 Å². The number of hydrogen-bond donors (Lipinski definition) is 3. The number of rotatable bonds is 11. The van der Waals surface area contributed by atoms with Gasteiger partial charge in [-0.05, 0) is 18.8 Å². The van der Waals surface area contributed by atoms with Crippen LogP contribution in [-0.2, 0) is 19.6 Å². The molecule has 0 aromatic carbocycles. The monoisotopic (exact) mass is 310 g/mol. The highest BCUT2D eigenvalue weighted by atomic mass is 32.2. The number of nitrogens with one attached hydrogen (secondary N) is 2. The van der Waals surface area contributed by atoms with E-state index in [1.165, 1.54) is 0 Å². The highest BCUT2D eigenvalue weighted by Gasteiger charge is 2.22. The summed E-state index contributed by atoms with van der Waals surface area (Å²) in [4.78, 5) is 11.9. The second kappa shape index (κ2) is 10.1. The van der Waals surface area contributed by atoms with Gasteiger partial charge in [0, 0.05) is 13.2 Å². The topological polar surface area (TPSA) is 105 Å². The maximum atomic E-state index is 11.9. The number of aliphatic hydroxyl groups is 1. The van der Waals surface area contributed by atoms with Crippen molar-refractivity contribution in [1.29, 1.82) is 0 Å². The van der Waals surface area contributed by atoms with Gasteiger partial charge in [0.05, 0.1) is 19.5 Å². The molecule has 0 aliphatic rings. The van der Waals surface area contributed by atoms with Gasteiger partial charge in [0.1, 0.15) is 6.04 Å². The average molecular weight is 310 g/mol. The van der Waals surface area contributed by atoms with Gasteiger partial charge in [-0.2, -0.15) is 0 Å². The van der Waals surface area contributed by atoms with Crippen LogP contribution in [0.1, 0.15) is 26.7 Å². The summed E-state index contributed by atoms with van der Waals surface area (Å²) in [6, 6.07) is -0.747. The van der Waals surface area contributed by atoms with Gasteiger partial charge in [0.2, 0.25) is 15.9 Å². The van der Waals surface area contributed by atoms with Gasteiger partial charge in [0.15, 0.2) is 0 Å². The van der Waals surface area contributed by atoms with Crippen molar-refractivity contribution in [2.24, 2.45) is 5.92 Å². The third kappa shape index (κ3) is 11.2. The Hall–Kier alpha value is -0.700. The molecular weight excluding hydrogens is 284 g/mol. The Kier molecular flexibility index (Phi) is 9.74. The molecular formula is C12H26N2O5S. The molecule has 0 aliphatic heterocycles.